The van der Waals surface area contributed by atoms with E-state index >= 15 is 0 Å². The summed E-state index contributed by atoms with van der Waals surface area (Å²) in [4.78, 5) is 2.26. The van der Waals surface area contributed by atoms with Crippen molar-refractivity contribution in [1.29, 1.82) is 0 Å². The lowest BCUT2D eigenvalue weighted by Gasteiger charge is -2.28. The highest BCUT2D eigenvalue weighted by Crippen LogP contribution is 2.26. The second kappa shape index (κ2) is 6.46. The third-order valence-corrected chi connectivity index (χ3v) is 3.93. The lowest BCUT2D eigenvalue weighted by atomic mass is 9.86. The summed E-state index contributed by atoms with van der Waals surface area (Å²) in [6, 6.07) is 11.0. The van der Waals surface area contributed by atoms with E-state index in [0.717, 1.165) is 6.54 Å². The zero-order chi connectivity index (χ0) is 15.5. The number of nitrogens with two attached hydrogens (primary N) is 1. The Hall–Kier alpha value is -1.58. The molecule has 0 saturated heterocycles. The molecule has 0 fully saturated rings. The van der Waals surface area contributed by atoms with Gasteiger partial charge in [0.25, 0.3) is 0 Å². The molecule has 0 aliphatic rings. The van der Waals surface area contributed by atoms with E-state index in [1.807, 2.05) is 6.07 Å². The van der Waals surface area contributed by atoms with E-state index in [-0.39, 0.29) is 11.5 Å². The van der Waals surface area contributed by atoms with Crippen molar-refractivity contribution in [2.75, 3.05) is 13.6 Å². The van der Waals surface area contributed by atoms with Crippen LogP contribution in [-0.2, 0) is 12.0 Å². The minimum Gasteiger partial charge on any atom is -0.472 e. The van der Waals surface area contributed by atoms with Crippen LogP contribution >= 0.6 is 0 Å². The average molecular weight is 286 g/mol. The highest BCUT2D eigenvalue weighted by atomic mass is 16.3. The van der Waals surface area contributed by atoms with Gasteiger partial charge in [-0.25, -0.2) is 0 Å². The molecule has 0 aliphatic heterocycles. The Morgan fingerprint density at radius 2 is 1.81 bits per heavy atom. The SMILES string of the molecule is CN(Cc1ccoc1)C(CN)c1ccc(C(C)(C)C)cc1. The van der Waals surface area contributed by atoms with Crippen LogP contribution in [0, 0.1) is 0 Å². The van der Waals surface area contributed by atoms with Gasteiger partial charge >= 0.3 is 0 Å². The molecule has 114 valence electrons. The van der Waals surface area contributed by atoms with Gasteiger partial charge in [-0.2, -0.15) is 0 Å². The monoisotopic (exact) mass is 286 g/mol. The number of hydrogen-bond donors (Lipinski definition) is 1. The van der Waals surface area contributed by atoms with E-state index in [0.29, 0.717) is 6.54 Å². The summed E-state index contributed by atoms with van der Waals surface area (Å²) in [6.45, 7) is 8.12. The fraction of sp³-hybridized carbons (Fsp3) is 0.444. The molecule has 1 aromatic heterocycles. The summed E-state index contributed by atoms with van der Waals surface area (Å²) >= 11 is 0. The summed E-state index contributed by atoms with van der Waals surface area (Å²) < 4.78 is 5.13. The second-order valence-electron chi connectivity index (χ2n) is 6.67. The van der Waals surface area contributed by atoms with Gasteiger partial charge in [-0.1, -0.05) is 45.0 Å². The number of benzene rings is 1. The van der Waals surface area contributed by atoms with Crippen molar-refractivity contribution >= 4 is 0 Å². The predicted octanol–water partition coefficient (Wildman–Crippen LogP) is 3.71. The van der Waals surface area contributed by atoms with Gasteiger partial charge in [0.1, 0.15) is 0 Å². The van der Waals surface area contributed by atoms with Crippen LogP contribution in [0.1, 0.15) is 43.5 Å². The Morgan fingerprint density at radius 3 is 2.29 bits per heavy atom. The molecule has 0 radical (unpaired) electrons. The molecule has 1 unspecified atom stereocenters. The Morgan fingerprint density at radius 1 is 1.14 bits per heavy atom. The summed E-state index contributed by atoms with van der Waals surface area (Å²) in [5.74, 6) is 0. The van der Waals surface area contributed by atoms with Crippen LogP contribution in [0.25, 0.3) is 0 Å². The Balaban J connectivity index is 2.13. The first kappa shape index (κ1) is 15.8. The molecule has 2 N–H and O–H groups in total. The zero-order valence-corrected chi connectivity index (χ0v) is 13.5. The van der Waals surface area contributed by atoms with Crippen LogP contribution in [0.15, 0.2) is 47.3 Å². The van der Waals surface area contributed by atoms with Gasteiger partial charge in [0.2, 0.25) is 0 Å². The maximum atomic E-state index is 5.99. The molecule has 3 heteroatoms. The molecule has 0 saturated carbocycles. The van der Waals surface area contributed by atoms with Crippen LogP contribution in [0.4, 0.5) is 0 Å². The van der Waals surface area contributed by atoms with Crippen molar-refractivity contribution in [3.05, 3.63) is 59.5 Å². The summed E-state index contributed by atoms with van der Waals surface area (Å²) in [6.07, 6.45) is 3.49. The van der Waals surface area contributed by atoms with Crippen molar-refractivity contribution in [3.8, 4) is 0 Å². The largest absolute Gasteiger partial charge is 0.472 e. The molecule has 21 heavy (non-hydrogen) atoms. The molecule has 1 heterocycles. The average Bonchev–Trinajstić information content (AvgIpc) is 2.92. The Bertz CT molecular complexity index is 538. The third-order valence-electron chi connectivity index (χ3n) is 3.93. The Kier molecular flexibility index (Phi) is 4.86. The zero-order valence-electron chi connectivity index (χ0n) is 13.5. The predicted molar refractivity (Wildman–Crippen MR) is 87.1 cm³/mol. The fourth-order valence-corrected chi connectivity index (χ4v) is 2.56. The topological polar surface area (TPSA) is 42.4 Å². The summed E-state index contributed by atoms with van der Waals surface area (Å²) in [7, 11) is 2.10. The van der Waals surface area contributed by atoms with Gasteiger partial charge in [-0.15, -0.1) is 0 Å². The van der Waals surface area contributed by atoms with Gasteiger partial charge < -0.3 is 10.2 Å². The molecule has 3 nitrogen and oxygen atoms in total. The van der Waals surface area contributed by atoms with E-state index in [1.54, 1.807) is 12.5 Å². The van der Waals surface area contributed by atoms with Crippen LogP contribution in [0.2, 0.25) is 0 Å². The molecule has 0 aliphatic carbocycles. The van der Waals surface area contributed by atoms with Gasteiger partial charge in [0.15, 0.2) is 0 Å². The van der Waals surface area contributed by atoms with Gasteiger partial charge in [-0.3, -0.25) is 4.90 Å². The lowest BCUT2D eigenvalue weighted by molar-refractivity contribution is 0.241. The van der Waals surface area contributed by atoms with Gasteiger partial charge in [0, 0.05) is 24.7 Å². The molecule has 2 rings (SSSR count). The summed E-state index contributed by atoms with van der Waals surface area (Å²) in [5.41, 5.74) is 9.95. The molecular formula is C18H26N2O. The first-order chi connectivity index (χ1) is 9.91. The van der Waals surface area contributed by atoms with Gasteiger partial charge in [0.05, 0.1) is 12.5 Å². The number of nitrogens with zero attached hydrogens (tertiary/aromatic N) is 1. The molecule has 0 bridgehead atoms. The molecule has 1 atom stereocenters. The molecular weight excluding hydrogens is 260 g/mol. The minimum absolute atomic E-state index is 0.180. The van der Waals surface area contributed by atoms with Crippen LogP contribution in [-0.4, -0.2) is 18.5 Å². The first-order valence-corrected chi connectivity index (χ1v) is 7.43. The smallest absolute Gasteiger partial charge is 0.0947 e. The minimum atomic E-state index is 0.180. The van der Waals surface area contributed by atoms with Crippen molar-refractivity contribution < 1.29 is 4.42 Å². The number of likely N-dealkylation sites (N-methyl/N-ethyl adjacent to an activating group) is 1. The third kappa shape index (κ3) is 3.96. The highest BCUT2D eigenvalue weighted by molar-refractivity contribution is 5.29. The highest BCUT2D eigenvalue weighted by Gasteiger charge is 2.18. The van der Waals surface area contributed by atoms with Crippen LogP contribution in [0.5, 0.6) is 0 Å². The molecule has 2 aromatic rings. The van der Waals surface area contributed by atoms with Gasteiger partial charge in [-0.05, 0) is 29.7 Å². The maximum Gasteiger partial charge on any atom is 0.0947 e. The number of hydrogen-bond acceptors (Lipinski definition) is 3. The lowest BCUT2D eigenvalue weighted by Crippen LogP contribution is -2.30. The maximum absolute atomic E-state index is 5.99. The quantitative estimate of drug-likeness (QED) is 0.911. The van der Waals surface area contributed by atoms with E-state index in [2.05, 4.69) is 57.0 Å². The first-order valence-electron chi connectivity index (χ1n) is 7.43. The second-order valence-corrected chi connectivity index (χ2v) is 6.67. The van der Waals surface area contributed by atoms with Crippen LogP contribution < -0.4 is 5.73 Å². The standard InChI is InChI=1S/C18H26N2O/c1-18(2,3)16-7-5-15(6-8-16)17(11-19)20(4)12-14-9-10-21-13-14/h5-10,13,17H,11-12,19H2,1-4H3. The number of furan rings is 1. The van der Waals surface area contributed by atoms with E-state index in [9.17, 15) is 0 Å². The molecule has 0 amide bonds. The van der Waals surface area contributed by atoms with E-state index in [1.165, 1.54) is 16.7 Å². The summed E-state index contributed by atoms with van der Waals surface area (Å²) in [5, 5.41) is 0. The van der Waals surface area contributed by atoms with E-state index in [4.69, 9.17) is 10.2 Å². The van der Waals surface area contributed by atoms with Crippen molar-refractivity contribution in [2.24, 2.45) is 5.73 Å². The van der Waals surface area contributed by atoms with Crippen molar-refractivity contribution in [3.63, 3.8) is 0 Å². The van der Waals surface area contributed by atoms with Crippen molar-refractivity contribution in [2.45, 2.75) is 38.8 Å². The Labute approximate surface area is 127 Å². The van der Waals surface area contributed by atoms with E-state index < -0.39 is 0 Å². The van der Waals surface area contributed by atoms with Crippen LogP contribution in [0.3, 0.4) is 0 Å². The number of rotatable bonds is 5. The molecule has 0 spiro atoms. The molecule has 1 aromatic carbocycles. The fourth-order valence-electron chi connectivity index (χ4n) is 2.56. The normalized spacial score (nSPS) is 13.6. The van der Waals surface area contributed by atoms with Crippen molar-refractivity contribution in [1.82, 2.24) is 4.90 Å².